The molecule has 1 aromatic heterocycles. The maximum atomic E-state index is 12.1. The number of hydrogen-bond donors (Lipinski definition) is 3. The zero-order chi connectivity index (χ0) is 16.6. The van der Waals surface area contributed by atoms with Gasteiger partial charge in [-0.05, 0) is 44.4 Å². The predicted octanol–water partition coefficient (Wildman–Crippen LogP) is 3.09. The Hall–Kier alpha value is -2.41. The highest BCUT2D eigenvalue weighted by Crippen LogP contribution is 2.28. The Morgan fingerprint density at radius 2 is 2.04 bits per heavy atom. The van der Waals surface area contributed by atoms with Gasteiger partial charge >= 0.3 is 5.97 Å². The van der Waals surface area contributed by atoms with E-state index in [1.807, 2.05) is 13.0 Å². The number of aryl methyl sites for hydroxylation is 2. The molecule has 1 aliphatic rings. The van der Waals surface area contributed by atoms with Gasteiger partial charge in [0.2, 0.25) is 0 Å². The lowest BCUT2D eigenvalue weighted by molar-refractivity contribution is 0.0701. The largest absolute Gasteiger partial charge is 0.477 e. The Labute approximate surface area is 137 Å². The maximum absolute atomic E-state index is 12.1. The lowest BCUT2D eigenvalue weighted by atomic mass is 10.1. The Kier molecular flexibility index (Phi) is 4.04. The molecule has 1 aliphatic carbocycles. The maximum Gasteiger partial charge on any atom is 0.347 e. The fourth-order valence-electron chi connectivity index (χ4n) is 2.16. The van der Waals surface area contributed by atoms with E-state index in [9.17, 15) is 9.59 Å². The Morgan fingerprint density at radius 1 is 1.30 bits per heavy atom. The van der Waals surface area contributed by atoms with Gasteiger partial charge in [-0.3, -0.25) is 4.79 Å². The molecular formula is C16H17N3O3S. The first-order valence-corrected chi connectivity index (χ1v) is 8.15. The molecule has 3 rings (SSSR count). The van der Waals surface area contributed by atoms with Gasteiger partial charge in [-0.1, -0.05) is 17.4 Å². The van der Waals surface area contributed by atoms with Crippen LogP contribution in [-0.2, 0) is 0 Å². The molecule has 0 atom stereocenters. The summed E-state index contributed by atoms with van der Waals surface area (Å²) >= 11 is 1.08. The molecule has 1 amide bonds. The molecule has 120 valence electrons. The van der Waals surface area contributed by atoms with Crippen LogP contribution in [0.15, 0.2) is 18.2 Å². The summed E-state index contributed by atoms with van der Waals surface area (Å²) in [6, 6.07) is 5.72. The summed E-state index contributed by atoms with van der Waals surface area (Å²) in [5, 5.41) is 15.7. The standard InChI is InChI=1S/C16H17N3O3S/c1-8-3-4-10(14(20)18-11-5-6-11)7-12(8)19-16-17-9(2)13(23-16)15(21)22/h3-4,7,11H,5-6H2,1-2H3,(H,17,19)(H,18,20)(H,21,22). The summed E-state index contributed by atoms with van der Waals surface area (Å²) in [6.45, 7) is 3.58. The normalized spacial score (nSPS) is 13.7. The molecule has 0 radical (unpaired) electrons. The van der Waals surface area contributed by atoms with Gasteiger partial charge in [0.25, 0.3) is 5.91 Å². The fourth-order valence-corrected chi connectivity index (χ4v) is 2.98. The van der Waals surface area contributed by atoms with Crippen LogP contribution in [0.5, 0.6) is 0 Å². The average molecular weight is 331 g/mol. The second-order valence-electron chi connectivity index (χ2n) is 5.64. The molecule has 23 heavy (non-hydrogen) atoms. The van der Waals surface area contributed by atoms with Crippen LogP contribution >= 0.6 is 11.3 Å². The number of rotatable bonds is 5. The third-order valence-corrected chi connectivity index (χ3v) is 4.71. The van der Waals surface area contributed by atoms with Gasteiger partial charge in [-0.2, -0.15) is 0 Å². The van der Waals surface area contributed by atoms with Crippen molar-refractivity contribution in [2.24, 2.45) is 0 Å². The van der Waals surface area contributed by atoms with E-state index in [0.29, 0.717) is 22.4 Å². The molecule has 7 heteroatoms. The molecule has 0 aliphatic heterocycles. The van der Waals surface area contributed by atoms with Gasteiger partial charge in [0.1, 0.15) is 4.88 Å². The molecule has 3 N–H and O–H groups in total. The van der Waals surface area contributed by atoms with Crippen LogP contribution in [0.2, 0.25) is 0 Å². The Morgan fingerprint density at radius 3 is 2.65 bits per heavy atom. The number of thiazole rings is 1. The third-order valence-electron chi connectivity index (χ3n) is 3.64. The summed E-state index contributed by atoms with van der Waals surface area (Å²) in [7, 11) is 0. The van der Waals surface area contributed by atoms with Crippen molar-refractivity contribution in [3.63, 3.8) is 0 Å². The van der Waals surface area contributed by atoms with Crippen molar-refractivity contribution in [3.05, 3.63) is 39.9 Å². The second kappa shape index (κ2) is 6.00. The number of benzene rings is 1. The molecular weight excluding hydrogens is 314 g/mol. The summed E-state index contributed by atoms with van der Waals surface area (Å²) in [4.78, 5) is 27.7. The molecule has 1 heterocycles. The highest BCUT2D eigenvalue weighted by Gasteiger charge is 2.24. The summed E-state index contributed by atoms with van der Waals surface area (Å²) in [6.07, 6.45) is 2.08. The van der Waals surface area contributed by atoms with E-state index in [2.05, 4.69) is 15.6 Å². The highest BCUT2D eigenvalue weighted by atomic mass is 32.1. The van der Waals surface area contributed by atoms with Crippen LogP contribution in [0.3, 0.4) is 0 Å². The number of amides is 1. The van der Waals surface area contributed by atoms with Crippen LogP contribution in [0, 0.1) is 13.8 Å². The molecule has 0 saturated heterocycles. The minimum absolute atomic E-state index is 0.0860. The van der Waals surface area contributed by atoms with Crippen molar-refractivity contribution < 1.29 is 14.7 Å². The van der Waals surface area contributed by atoms with Gasteiger partial charge < -0.3 is 15.7 Å². The number of anilines is 2. The van der Waals surface area contributed by atoms with Crippen molar-refractivity contribution in [3.8, 4) is 0 Å². The van der Waals surface area contributed by atoms with E-state index in [4.69, 9.17) is 5.11 Å². The van der Waals surface area contributed by atoms with E-state index in [-0.39, 0.29) is 10.8 Å². The first kappa shape index (κ1) is 15.5. The van der Waals surface area contributed by atoms with Gasteiger partial charge in [0.15, 0.2) is 5.13 Å². The smallest absolute Gasteiger partial charge is 0.347 e. The highest BCUT2D eigenvalue weighted by molar-refractivity contribution is 7.17. The van der Waals surface area contributed by atoms with Crippen LogP contribution in [0.1, 0.15) is 44.1 Å². The van der Waals surface area contributed by atoms with Gasteiger partial charge in [0, 0.05) is 17.3 Å². The molecule has 0 unspecified atom stereocenters. The van der Waals surface area contributed by atoms with Crippen LogP contribution in [0.25, 0.3) is 0 Å². The number of aromatic nitrogens is 1. The van der Waals surface area contributed by atoms with Gasteiger partial charge in [-0.15, -0.1) is 0 Å². The number of nitrogens with one attached hydrogen (secondary N) is 2. The second-order valence-corrected chi connectivity index (χ2v) is 6.64. The molecule has 6 nitrogen and oxygen atoms in total. The van der Waals surface area contributed by atoms with Crippen LogP contribution < -0.4 is 10.6 Å². The first-order valence-electron chi connectivity index (χ1n) is 7.33. The van der Waals surface area contributed by atoms with Crippen LogP contribution in [0.4, 0.5) is 10.8 Å². The van der Waals surface area contributed by atoms with Crippen molar-refractivity contribution >= 4 is 34.0 Å². The van der Waals surface area contributed by atoms with Crippen LogP contribution in [-0.4, -0.2) is 28.0 Å². The van der Waals surface area contributed by atoms with Gasteiger partial charge in [-0.25, -0.2) is 9.78 Å². The van der Waals surface area contributed by atoms with E-state index in [0.717, 1.165) is 35.4 Å². The number of nitrogens with zero attached hydrogens (tertiary/aromatic N) is 1. The first-order chi connectivity index (χ1) is 10.9. The molecule has 0 spiro atoms. The zero-order valence-electron chi connectivity index (χ0n) is 12.8. The van der Waals surface area contributed by atoms with E-state index >= 15 is 0 Å². The molecule has 0 bridgehead atoms. The number of carbonyl (C=O) groups is 2. The SMILES string of the molecule is Cc1ccc(C(=O)NC2CC2)cc1Nc1nc(C)c(C(=O)O)s1. The zero-order valence-corrected chi connectivity index (χ0v) is 13.7. The topological polar surface area (TPSA) is 91.3 Å². The third kappa shape index (κ3) is 3.50. The monoisotopic (exact) mass is 331 g/mol. The summed E-state index contributed by atoms with van der Waals surface area (Å²) in [5.74, 6) is -1.07. The lowest BCUT2D eigenvalue weighted by Gasteiger charge is -2.10. The Balaban J connectivity index is 1.82. The number of carboxylic acids is 1. The van der Waals surface area contributed by atoms with E-state index < -0.39 is 5.97 Å². The van der Waals surface area contributed by atoms with E-state index in [1.54, 1.807) is 19.1 Å². The van der Waals surface area contributed by atoms with Crippen molar-refractivity contribution in [1.82, 2.24) is 10.3 Å². The number of carboxylic acid groups (broad SMARTS) is 1. The summed E-state index contributed by atoms with van der Waals surface area (Å²) in [5.41, 5.74) is 2.76. The van der Waals surface area contributed by atoms with Crippen molar-refractivity contribution in [2.45, 2.75) is 32.7 Å². The van der Waals surface area contributed by atoms with Crippen molar-refractivity contribution in [2.75, 3.05) is 5.32 Å². The molecule has 2 aromatic rings. The lowest BCUT2D eigenvalue weighted by Crippen LogP contribution is -2.25. The average Bonchev–Trinajstić information content (AvgIpc) is 3.22. The molecule has 1 aromatic carbocycles. The number of aromatic carboxylic acids is 1. The molecule has 1 saturated carbocycles. The summed E-state index contributed by atoms with van der Waals surface area (Å²) < 4.78 is 0. The van der Waals surface area contributed by atoms with Gasteiger partial charge in [0.05, 0.1) is 5.69 Å². The predicted molar refractivity (Wildman–Crippen MR) is 88.8 cm³/mol. The quantitative estimate of drug-likeness (QED) is 0.783. The number of carbonyl (C=O) groups excluding carboxylic acids is 1. The van der Waals surface area contributed by atoms with Crippen molar-refractivity contribution in [1.29, 1.82) is 0 Å². The minimum atomic E-state index is -0.984. The fraction of sp³-hybridized carbons (Fsp3) is 0.312. The number of hydrogen-bond acceptors (Lipinski definition) is 5. The Bertz CT molecular complexity index is 781. The van der Waals surface area contributed by atoms with E-state index in [1.165, 1.54) is 0 Å². The molecule has 1 fully saturated rings. The minimum Gasteiger partial charge on any atom is -0.477 e.